The zero-order valence-electron chi connectivity index (χ0n) is 9.93. The normalized spacial score (nSPS) is 10.4. The molecule has 0 amide bonds. The third-order valence-corrected chi connectivity index (χ3v) is 4.51. The summed E-state index contributed by atoms with van der Waals surface area (Å²) in [6.45, 7) is 2.21. The van der Waals surface area contributed by atoms with E-state index in [4.69, 9.17) is 0 Å². The Balaban J connectivity index is 1.98. The molecule has 0 radical (unpaired) electrons. The first-order valence-electron chi connectivity index (χ1n) is 5.84. The van der Waals surface area contributed by atoms with Crippen LogP contribution in [0.4, 0.5) is 0 Å². The fraction of sp³-hybridized carbons (Fsp3) is 0.200. The maximum atomic E-state index is 2.21. The standard InChI is InChI=1S/C15H16S2/c1-2-12-16-13-8-10-15(11-9-13)17-14-6-4-3-5-7-14/h3-11H,2,12H2,1H3. The summed E-state index contributed by atoms with van der Waals surface area (Å²) in [5.41, 5.74) is 0. The van der Waals surface area contributed by atoms with E-state index in [0.29, 0.717) is 0 Å². The van der Waals surface area contributed by atoms with Crippen molar-refractivity contribution in [2.75, 3.05) is 5.75 Å². The SMILES string of the molecule is CCCSc1ccc(Sc2ccccc2)cc1. The summed E-state index contributed by atoms with van der Waals surface area (Å²) in [4.78, 5) is 3.96. The fourth-order valence-electron chi connectivity index (χ4n) is 1.45. The first kappa shape index (κ1) is 12.6. The lowest BCUT2D eigenvalue weighted by Crippen LogP contribution is -1.77. The van der Waals surface area contributed by atoms with Gasteiger partial charge in [0.2, 0.25) is 0 Å². The third-order valence-electron chi connectivity index (χ3n) is 2.28. The van der Waals surface area contributed by atoms with E-state index in [0.717, 1.165) is 0 Å². The third kappa shape index (κ3) is 4.14. The Morgan fingerprint density at radius 1 is 0.765 bits per heavy atom. The zero-order chi connectivity index (χ0) is 11.9. The second-order valence-corrected chi connectivity index (χ2v) is 6.05. The smallest absolute Gasteiger partial charge is 0.0123 e. The van der Waals surface area contributed by atoms with Gasteiger partial charge in [-0.2, -0.15) is 0 Å². The van der Waals surface area contributed by atoms with Crippen LogP contribution in [0.5, 0.6) is 0 Å². The van der Waals surface area contributed by atoms with Crippen molar-refractivity contribution in [3.8, 4) is 0 Å². The van der Waals surface area contributed by atoms with Gasteiger partial charge in [-0.05, 0) is 48.6 Å². The number of hydrogen-bond acceptors (Lipinski definition) is 2. The van der Waals surface area contributed by atoms with Crippen molar-refractivity contribution >= 4 is 23.5 Å². The Morgan fingerprint density at radius 3 is 2.00 bits per heavy atom. The minimum absolute atomic E-state index is 1.20. The van der Waals surface area contributed by atoms with Crippen LogP contribution in [0.1, 0.15) is 13.3 Å². The van der Waals surface area contributed by atoms with Gasteiger partial charge in [0.15, 0.2) is 0 Å². The summed E-state index contributed by atoms with van der Waals surface area (Å²) in [5.74, 6) is 1.20. The van der Waals surface area contributed by atoms with Crippen molar-refractivity contribution in [2.45, 2.75) is 28.0 Å². The molecule has 0 bridgehead atoms. The Bertz CT molecular complexity index is 434. The Hall–Kier alpha value is -0.860. The van der Waals surface area contributed by atoms with Crippen molar-refractivity contribution in [1.82, 2.24) is 0 Å². The van der Waals surface area contributed by atoms with E-state index in [1.54, 1.807) is 0 Å². The molecule has 2 aromatic carbocycles. The van der Waals surface area contributed by atoms with Crippen LogP contribution in [0.15, 0.2) is 69.3 Å². The van der Waals surface area contributed by atoms with Crippen LogP contribution >= 0.6 is 23.5 Å². The van der Waals surface area contributed by atoms with Gasteiger partial charge in [0.1, 0.15) is 0 Å². The van der Waals surface area contributed by atoms with Crippen LogP contribution in [-0.4, -0.2) is 5.75 Å². The number of benzene rings is 2. The quantitative estimate of drug-likeness (QED) is 0.665. The van der Waals surface area contributed by atoms with Gasteiger partial charge in [-0.3, -0.25) is 0 Å². The van der Waals surface area contributed by atoms with Crippen molar-refractivity contribution in [2.24, 2.45) is 0 Å². The van der Waals surface area contributed by atoms with E-state index in [1.165, 1.54) is 26.9 Å². The average Bonchev–Trinajstić information content (AvgIpc) is 2.39. The van der Waals surface area contributed by atoms with Crippen molar-refractivity contribution in [1.29, 1.82) is 0 Å². The molecule has 2 aromatic rings. The van der Waals surface area contributed by atoms with Gasteiger partial charge in [0.25, 0.3) is 0 Å². The number of hydrogen-bond donors (Lipinski definition) is 0. The number of rotatable bonds is 5. The Kier molecular flexibility index (Phi) is 5.02. The predicted molar refractivity (Wildman–Crippen MR) is 78.0 cm³/mol. The second kappa shape index (κ2) is 6.77. The molecule has 0 N–H and O–H groups in total. The molecule has 0 aliphatic carbocycles. The summed E-state index contributed by atoms with van der Waals surface area (Å²) in [6.07, 6.45) is 1.23. The first-order chi connectivity index (χ1) is 8.38. The summed E-state index contributed by atoms with van der Waals surface area (Å²) >= 11 is 3.74. The lowest BCUT2D eigenvalue weighted by Gasteiger charge is -2.03. The lowest BCUT2D eigenvalue weighted by atomic mass is 10.4. The molecule has 0 saturated heterocycles. The highest BCUT2D eigenvalue weighted by atomic mass is 32.2. The maximum Gasteiger partial charge on any atom is 0.0123 e. The predicted octanol–water partition coefficient (Wildman–Crippen LogP) is 5.34. The number of thioether (sulfide) groups is 1. The molecule has 0 fully saturated rings. The van der Waals surface area contributed by atoms with E-state index < -0.39 is 0 Å². The topological polar surface area (TPSA) is 0 Å². The lowest BCUT2D eigenvalue weighted by molar-refractivity contribution is 1.10. The summed E-state index contributed by atoms with van der Waals surface area (Å²) in [7, 11) is 0. The Labute approximate surface area is 112 Å². The van der Waals surface area contributed by atoms with Crippen molar-refractivity contribution in [3.05, 3.63) is 54.6 Å². The molecule has 88 valence electrons. The van der Waals surface area contributed by atoms with Gasteiger partial charge in [-0.25, -0.2) is 0 Å². The maximum absolute atomic E-state index is 2.21. The Morgan fingerprint density at radius 2 is 1.35 bits per heavy atom. The van der Waals surface area contributed by atoms with Crippen LogP contribution < -0.4 is 0 Å². The molecule has 0 nitrogen and oxygen atoms in total. The monoisotopic (exact) mass is 260 g/mol. The first-order valence-corrected chi connectivity index (χ1v) is 7.64. The average molecular weight is 260 g/mol. The molecule has 0 unspecified atom stereocenters. The fourth-order valence-corrected chi connectivity index (χ4v) is 3.05. The molecule has 0 heterocycles. The van der Waals surface area contributed by atoms with Gasteiger partial charge in [-0.15, -0.1) is 11.8 Å². The molecule has 0 atom stereocenters. The highest BCUT2D eigenvalue weighted by molar-refractivity contribution is 7.99. The molecular formula is C15H16S2. The highest BCUT2D eigenvalue weighted by Gasteiger charge is 1.97. The van der Waals surface area contributed by atoms with Gasteiger partial charge in [0.05, 0.1) is 0 Å². The molecule has 2 rings (SSSR count). The molecule has 17 heavy (non-hydrogen) atoms. The molecule has 0 spiro atoms. The van der Waals surface area contributed by atoms with Crippen LogP contribution in [0, 0.1) is 0 Å². The van der Waals surface area contributed by atoms with Crippen LogP contribution in [0.3, 0.4) is 0 Å². The molecule has 0 aromatic heterocycles. The van der Waals surface area contributed by atoms with Crippen LogP contribution in [0.25, 0.3) is 0 Å². The summed E-state index contributed by atoms with van der Waals surface area (Å²) in [5, 5.41) is 0. The van der Waals surface area contributed by atoms with Gasteiger partial charge in [-0.1, -0.05) is 36.9 Å². The molecule has 2 heteroatoms. The summed E-state index contributed by atoms with van der Waals surface area (Å²) in [6, 6.07) is 19.3. The van der Waals surface area contributed by atoms with E-state index in [9.17, 15) is 0 Å². The van der Waals surface area contributed by atoms with E-state index in [2.05, 4.69) is 61.5 Å². The summed E-state index contributed by atoms with van der Waals surface area (Å²) < 4.78 is 0. The van der Waals surface area contributed by atoms with Gasteiger partial charge in [0, 0.05) is 14.7 Å². The van der Waals surface area contributed by atoms with Crippen LogP contribution in [0.2, 0.25) is 0 Å². The van der Waals surface area contributed by atoms with Crippen molar-refractivity contribution in [3.63, 3.8) is 0 Å². The largest absolute Gasteiger partial charge is 0.126 e. The molecule has 0 aliphatic rings. The minimum atomic E-state index is 1.20. The zero-order valence-corrected chi connectivity index (χ0v) is 11.6. The minimum Gasteiger partial charge on any atom is -0.126 e. The van der Waals surface area contributed by atoms with E-state index >= 15 is 0 Å². The molecular weight excluding hydrogens is 244 g/mol. The van der Waals surface area contributed by atoms with Crippen LogP contribution in [-0.2, 0) is 0 Å². The molecule has 0 saturated carbocycles. The van der Waals surface area contributed by atoms with Gasteiger partial charge >= 0.3 is 0 Å². The van der Waals surface area contributed by atoms with E-state index in [-0.39, 0.29) is 0 Å². The molecule has 0 aliphatic heterocycles. The van der Waals surface area contributed by atoms with Crippen molar-refractivity contribution < 1.29 is 0 Å². The van der Waals surface area contributed by atoms with E-state index in [1.807, 2.05) is 23.5 Å². The second-order valence-electron chi connectivity index (χ2n) is 3.73. The van der Waals surface area contributed by atoms with Gasteiger partial charge < -0.3 is 0 Å². The highest BCUT2D eigenvalue weighted by Crippen LogP contribution is 2.29.